The number of hydrogen-bond acceptors (Lipinski definition) is 3. The van der Waals surface area contributed by atoms with E-state index < -0.39 is 0 Å². The second-order valence-corrected chi connectivity index (χ2v) is 7.18. The van der Waals surface area contributed by atoms with Gasteiger partial charge in [-0.15, -0.1) is 0 Å². The molecule has 2 aromatic carbocycles. The van der Waals surface area contributed by atoms with Gasteiger partial charge >= 0.3 is 0 Å². The molecule has 3 heteroatoms. The van der Waals surface area contributed by atoms with Crippen LogP contribution in [-0.4, -0.2) is 19.8 Å². The molecule has 130 valence electrons. The molecular formula is C21H29NO2. The quantitative estimate of drug-likeness (QED) is 0.809. The van der Waals surface area contributed by atoms with E-state index in [1.165, 1.54) is 11.1 Å². The van der Waals surface area contributed by atoms with Gasteiger partial charge in [0.2, 0.25) is 0 Å². The highest BCUT2D eigenvalue weighted by atomic mass is 16.5. The zero-order valence-electron chi connectivity index (χ0n) is 15.4. The van der Waals surface area contributed by atoms with Crippen LogP contribution in [0.3, 0.4) is 0 Å². The van der Waals surface area contributed by atoms with Gasteiger partial charge in [0.1, 0.15) is 17.6 Å². The zero-order chi connectivity index (χ0) is 17.6. The van der Waals surface area contributed by atoms with E-state index in [1.807, 2.05) is 12.1 Å². The summed E-state index contributed by atoms with van der Waals surface area (Å²) in [5.74, 6) is 1.80. The van der Waals surface area contributed by atoms with Crippen LogP contribution in [0.2, 0.25) is 0 Å². The normalized spacial score (nSPS) is 12.7. The van der Waals surface area contributed by atoms with Crippen LogP contribution in [0.5, 0.6) is 11.5 Å². The Hall–Kier alpha value is -2.00. The van der Waals surface area contributed by atoms with Gasteiger partial charge < -0.3 is 14.8 Å². The number of methoxy groups -OCH3 is 1. The van der Waals surface area contributed by atoms with Crippen molar-refractivity contribution in [1.82, 2.24) is 5.32 Å². The smallest absolute Gasteiger partial charge is 0.119 e. The molecule has 0 aliphatic rings. The SMILES string of the molecule is COc1ccc(CNCC(C)Oc2ccc(C(C)(C)C)cc2)cc1. The molecule has 0 fully saturated rings. The summed E-state index contributed by atoms with van der Waals surface area (Å²) in [4.78, 5) is 0. The zero-order valence-corrected chi connectivity index (χ0v) is 15.4. The highest BCUT2D eigenvalue weighted by molar-refractivity contribution is 5.31. The summed E-state index contributed by atoms with van der Waals surface area (Å²) < 4.78 is 11.1. The summed E-state index contributed by atoms with van der Waals surface area (Å²) in [7, 11) is 1.68. The average Bonchev–Trinajstić information content (AvgIpc) is 2.55. The highest BCUT2D eigenvalue weighted by Crippen LogP contribution is 2.24. The van der Waals surface area contributed by atoms with Gasteiger partial charge in [-0.3, -0.25) is 0 Å². The first kappa shape index (κ1) is 18.3. The highest BCUT2D eigenvalue weighted by Gasteiger charge is 2.13. The van der Waals surface area contributed by atoms with Crippen molar-refractivity contribution in [3.8, 4) is 11.5 Å². The standard InChI is InChI=1S/C21H29NO2/c1-16(14-22-15-17-6-10-19(23-5)11-7-17)24-20-12-8-18(9-13-20)21(2,3)4/h6-13,16,22H,14-15H2,1-5H3. The Kier molecular flexibility index (Phi) is 6.27. The fourth-order valence-electron chi connectivity index (χ4n) is 2.47. The molecule has 2 aromatic rings. The Balaban J connectivity index is 1.77. The second-order valence-electron chi connectivity index (χ2n) is 7.18. The predicted octanol–water partition coefficient (Wildman–Crippen LogP) is 4.55. The molecule has 0 amide bonds. The Morgan fingerprint density at radius 2 is 1.50 bits per heavy atom. The minimum Gasteiger partial charge on any atom is -0.497 e. The Morgan fingerprint density at radius 1 is 0.917 bits per heavy atom. The minimum absolute atomic E-state index is 0.115. The third-order valence-electron chi connectivity index (χ3n) is 3.98. The van der Waals surface area contributed by atoms with E-state index in [2.05, 4.69) is 69.4 Å². The van der Waals surface area contributed by atoms with E-state index in [9.17, 15) is 0 Å². The molecule has 0 bridgehead atoms. The van der Waals surface area contributed by atoms with Crippen LogP contribution in [0.25, 0.3) is 0 Å². The second kappa shape index (κ2) is 8.20. The van der Waals surface area contributed by atoms with Crippen LogP contribution < -0.4 is 14.8 Å². The Bertz CT molecular complexity index is 612. The van der Waals surface area contributed by atoms with Crippen molar-refractivity contribution in [3.63, 3.8) is 0 Å². The Morgan fingerprint density at radius 3 is 2.04 bits per heavy atom. The molecule has 0 heterocycles. The van der Waals surface area contributed by atoms with Crippen molar-refractivity contribution in [3.05, 3.63) is 59.7 Å². The minimum atomic E-state index is 0.115. The maximum Gasteiger partial charge on any atom is 0.119 e. The third-order valence-corrected chi connectivity index (χ3v) is 3.98. The summed E-state index contributed by atoms with van der Waals surface area (Å²) in [6.07, 6.45) is 0.115. The van der Waals surface area contributed by atoms with Crippen molar-refractivity contribution < 1.29 is 9.47 Å². The van der Waals surface area contributed by atoms with Crippen molar-refractivity contribution >= 4 is 0 Å². The largest absolute Gasteiger partial charge is 0.497 e. The lowest BCUT2D eigenvalue weighted by Crippen LogP contribution is -2.28. The molecule has 0 saturated carbocycles. The summed E-state index contributed by atoms with van der Waals surface area (Å²) in [5, 5.41) is 3.43. The van der Waals surface area contributed by atoms with Gasteiger partial charge in [-0.2, -0.15) is 0 Å². The first-order valence-corrected chi connectivity index (χ1v) is 8.49. The molecule has 0 spiro atoms. The van der Waals surface area contributed by atoms with Crippen molar-refractivity contribution in [1.29, 1.82) is 0 Å². The monoisotopic (exact) mass is 327 g/mol. The van der Waals surface area contributed by atoms with Gasteiger partial charge in [0.25, 0.3) is 0 Å². The molecule has 0 radical (unpaired) electrons. The van der Waals surface area contributed by atoms with Gasteiger partial charge in [0.05, 0.1) is 7.11 Å². The van der Waals surface area contributed by atoms with E-state index in [1.54, 1.807) is 7.11 Å². The van der Waals surface area contributed by atoms with E-state index in [0.29, 0.717) is 0 Å². The topological polar surface area (TPSA) is 30.5 Å². The van der Waals surface area contributed by atoms with Gasteiger partial charge in [0, 0.05) is 13.1 Å². The van der Waals surface area contributed by atoms with Crippen LogP contribution in [0, 0.1) is 0 Å². The lowest BCUT2D eigenvalue weighted by atomic mass is 9.87. The van der Waals surface area contributed by atoms with Crippen LogP contribution in [0.1, 0.15) is 38.8 Å². The summed E-state index contributed by atoms with van der Waals surface area (Å²) in [5.41, 5.74) is 2.72. The summed E-state index contributed by atoms with van der Waals surface area (Å²) in [6, 6.07) is 16.5. The van der Waals surface area contributed by atoms with E-state index >= 15 is 0 Å². The van der Waals surface area contributed by atoms with Crippen molar-refractivity contribution in [2.24, 2.45) is 0 Å². The molecule has 1 unspecified atom stereocenters. The number of nitrogens with one attached hydrogen (secondary N) is 1. The van der Waals surface area contributed by atoms with Crippen LogP contribution in [0.15, 0.2) is 48.5 Å². The predicted molar refractivity (Wildman–Crippen MR) is 99.9 cm³/mol. The molecule has 24 heavy (non-hydrogen) atoms. The average molecular weight is 327 g/mol. The molecule has 0 aliphatic heterocycles. The molecule has 0 aliphatic carbocycles. The van der Waals surface area contributed by atoms with E-state index in [0.717, 1.165) is 24.6 Å². The molecule has 1 atom stereocenters. The first-order valence-electron chi connectivity index (χ1n) is 8.49. The Labute approximate surface area is 146 Å². The fourth-order valence-corrected chi connectivity index (χ4v) is 2.47. The van der Waals surface area contributed by atoms with Crippen LogP contribution in [-0.2, 0) is 12.0 Å². The fraction of sp³-hybridized carbons (Fsp3) is 0.429. The van der Waals surface area contributed by atoms with E-state index in [-0.39, 0.29) is 11.5 Å². The van der Waals surface area contributed by atoms with E-state index in [4.69, 9.17) is 9.47 Å². The number of rotatable bonds is 7. The number of hydrogen-bond donors (Lipinski definition) is 1. The maximum atomic E-state index is 5.97. The molecule has 0 saturated heterocycles. The van der Waals surface area contributed by atoms with Gasteiger partial charge in [0.15, 0.2) is 0 Å². The molecule has 1 N–H and O–H groups in total. The van der Waals surface area contributed by atoms with Crippen molar-refractivity contribution in [2.45, 2.75) is 45.8 Å². The van der Waals surface area contributed by atoms with Gasteiger partial charge in [-0.05, 0) is 47.7 Å². The number of ether oxygens (including phenoxy) is 2. The first-order chi connectivity index (χ1) is 11.4. The van der Waals surface area contributed by atoms with Crippen LogP contribution in [0.4, 0.5) is 0 Å². The lowest BCUT2D eigenvalue weighted by molar-refractivity contribution is 0.216. The summed E-state index contributed by atoms with van der Waals surface area (Å²) in [6.45, 7) is 10.4. The lowest BCUT2D eigenvalue weighted by Gasteiger charge is -2.20. The molecule has 2 rings (SSSR count). The van der Waals surface area contributed by atoms with Crippen molar-refractivity contribution in [2.75, 3.05) is 13.7 Å². The molecular weight excluding hydrogens is 298 g/mol. The maximum absolute atomic E-state index is 5.97. The molecule has 0 aromatic heterocycles. The van der Waals surface area contributed by atoms with Crippen LogP contribution >= 0.6 is 0 Å². The third kappa shape index (κ3) is 5.57. The summed E-state index contributed by atoms with van der Waals surface area (Å²) >= 11 is 0. The molecule has 3 nitrogen and oxygen atoms in total. The van der Waals surface area contributed by atoms with Gasteiger partial charge in [-0.1, -0.05) is 45.0 Å². The number of benzene rings is 2. The van der Waals surface area contributed by atoms with Gasteiger partial charge in [-0.25, -0.2) is 0 Å².